The molecule has 0 aliphatic heterocycles. The third-order valence-electron chi connectivity index (χ3n) is 3.53. The van der Waals surface area contributed by atoms with Gasteiger partial charge in [0.1, 0.15) is 18.2 Å². The minimum Gasteiger partial charge on any atom is -0.459 e. The Bertz CT molecular complexity index is 982. The first kappa shape index (κ1) is 19.5. The molecule has 2 heterocycles. The number of rotatable bonds is 8. The Morgan fingerprint density at radius 1 is 1.26 bits per heavy atom. The third-order valence-corrected chi connectivity index (χ3v) is 5.40. The largest absolute Gasteiger partial charge is 0.459 e. The van der Waals surface area contributed by atoms with Crippen LogP contribution in [0.2, 0.25) is 0 Å². The molecule has 0 amide bonds. The van der Waals surface area contributed by atoms with Crippen molar-refractivity contribution >= 4 is 34.0 Å². The topological polar surface area (TPSA) is 82.8 Å². The van der Waals surface area contributed by atoms with E-state index >= 15 is 0 Å². The summed E-state index contributed by atoms with van der Waals surface area (Å²) in [5, 5.41) is 4.85. The zero-order valence-corrected chi connectivity index (χ0v) is 16.6. The van der Waals surface area contributed by atoms with E-state index < -0.39 is 0 Å². The minimum atomic E-state index is -0.357. The summed E-state index contributed by atoms with van der Waals surface area (Å²) in [6.45, 7) is 4.77. The minimum absolute atomic E-state index is 0.0439. The maximum atomic E-state index is 12.2. The number of hydrogen-bond donors (Lipinski definition) is 0. The van der Waals surface area contributed by atoms with Gasteiger partial charge in [0.2, 0.25) is 4.96 Å². The normalized spacial score (nSPS) is 11.0. The first-order chi connectivity index (χ1) is 13.0. The number of carbonyl (C=O) groups excluding carboxylic acids is 1. The number of aromatic nitrogens is 3. The third kappa shape index (κ3) is 5.38. The van der Waals surface area contributed by atoms with Gasteiger partial charge in [0.15, 0.2) is 0 Å². The fourth-order valence-corrected chi connectivity index (χ4v) is 3.74. The Balaban J connectivity index is 1.58. The highest BCUT2D eigenvalue weighted by Gasteiger charge is 2.11. The molecule has 27 heavy (non-hydrogen) atoms. The molecule has 0 aliphatic rings. The van der Waals surface area contributed by atoms with Gasteiger partial charge in [-0.25, -0.2) is 4.98 Å². The molecule has 0 saturated carbocycles. The quantitative estimate of drug-likeness (QED) is 0.421. The fraction of sp³-hybridized carbons (Fsp3) is 0.333. The van der Waals surface area contributed by atoms with E-state index in [0.717, 1.165) is 4.90 Å². The van der Waals surface area contributed by atoms with Crippen molar-refractivity contribution in [2.45, 2.75) is 32.0 Å². The van der Waals surface area contributed by atoms with Crippen LogP contribution in [0.25, 0.3) is 4.96 Å². The Kier molecular flexibility index (Phi) is 6.59. The summed E-state index contributed by atoms with van der Waals surface area (Å²) in [7, 11) is 0. The summed E-state index contributed by atoms with van der Waals surface area (Å²) in [6.07, 6.45) is 0. The van der Waals surface area contributed by atoms with Gasteiger partial charge in [-0.05, 0) is 26.0 Å². The number of hydrogen-bond acceptors (Lipinski definition) is 8. The van der Waals surface area contributed by atoms with E-state index in [4.69, 9.17) is 9.47 Å². The van der Waals surface area contributed by atoms with Crippen LogP contribution >= 0.6 is 23.1 Å². The van der Waals surface area contributed by atoms with Crippen molar-refractivity contribution in [1.29, 1.82) is 0 Å². The van der Waals surface area contributed by atoms with Crippen LogP contribution in [0.5, 0.6) is 0 Å². The lowest BCUT2D eigenvalue weighted by atomic mass is 10.2. The van der Waals surface area contributed by atoms with E-state index in [0.29, 0.717) is 28.9 Å². The van der Waals surface area contributed by atoms with Gasteiger partial charge in [-0.2, -0.15) is 9.61 Å². The Morgan fingerprint density at radius 2 is 2.04 bits per heavy atom. The Morgan fingerprint density at radius 3 is 2.78 bits per heavy atom. The van der Waals surface area contributed by atoms with Crippen molar-refractivity contribution in [1.82, 2.24) is 14.6 Å². The van der Waals surface area contributed by atoms with Crippen LogP contribution in [0.1, 0.15) is 23.2 Å². The molecule has 0 atom stereocenters. The number of fused-ring (bicyclic) bond motifs is 1. The van der Waals surface area contributed by atoms with Gasteiger partial charge in [0.25, 0.3) is 5.56 Å². The average molecular weight is 406 g/mol. The molecule has 0 unspecified atom stereocenters. The summed E-state index contributed by atoms with van der Waals surface area (Å²) in [5.74, 6) is -0.160. The zero-order valence-electron chi connectivity index (χ0n) is 15.0. The summed E-state index contributed by atoms with van der Waals surface area (Å²) in [5.41, 5.74) is 1.27. The first-order valence-electron chi connectivity index (χ1n) is 8.36. The number of thioether (sulfide) groups is 1. The number of nitrogens with zero attached hydrogens (tertiary/aromatic N) is 3. The van der Waals surface area contributed by atoms with Gasteiger partial charge >= 0.3 is 5.97 Å². The van der Waals surface area contributed by atoms with Crippen molar-refractivity contribution in [3.05, 3.63) is 57.0 Å². The van der Waals surface area contributed by atoms with Crippen LogP contribution in [-0.2, 0) is 27.5 Å². The lowest BCUT2D eigenvalue weighted by Crippen LogP contribution is -2.17. The van der Waals surface area contributed by atoms with E-state index in [1.54, 1.807) is 0 Å². The van der Waals surface area contributed by atoms with Crippen molar-refractivity contribution in [3.63, 3.8) is 0 Å². The van der Waals surface area contributed by atoms with Gasteiger partial charge in [-0.15, -0.1) is 11.8 Å². The highest BCUT2D eigenvalue weighted by atomic mass is 32.2. The van der Waals surface area contributed by atoms with Crippen molar-refractivity contribution in [3.8, 4) is 0 Å². The molecular formula is C18H19N3O4S2. The molecule has 0 saturated heterocycles. The van der Waals surface area contributed by atoms with Crippen molar-refractivity contribution in [2.75, 3.05) is 12.4 Å². The molecule has 0 radical (unpaired) electrons. The smallest absolute Gasteiger partial charge is 0.316 e. The second-order valence-corrected chi connectivity index (χ2v) is 7.76. The van der Waals surface area contributed by atoms with E-state index in [9.17, 15) is 9.59 Å². The maximum Gasteiger partial charge on any atom is 0.316 e. The van der Waals surface area contributed by atoms with Crippen LogP contribution in [0, 0.1) is 6.92 Å². The lowest BCUT2D eigenvalue weighted by molar-refractivity contribution is -0.141. The summed E-state index contributed by atoms with van der Waals surface area (Å²) < 4.78 is 11.8. The molecule has 0 fully saturated rings. The van der Waals surface area contributed by atoms with Gasteiger partial charge in [-0.3, -0.25) is 9.59 Å². The number of esters is 1. The van der Waals surface area contributed by atoms with Gasteiger partial charge in [0.05, 0.1) is 11.4 Å². The van der Waals surface area contributed by atoms with Crippen LogP contribution in [-0.4, -0.2) is 32.9 Å². The molecule has 3 aromatic rings. The number of carbonyl (C=O) groups is 1. The van der Waals surface area contributed by atoms with E-state index in [1.807, 2.05) is 38.1 Å². The molecule has 2 aromatic heterocycles. The van der Waals surface area contributed by atoms with Gasteiger partial charge in [-0.1, -0.05) is 29.0 Å². The van der Waals surface area contributed by atoms with Crippen molar-refractivity contribution < 1.29 is 14.3 Å². The van der Waals surface area contributed by atoms with Gasteiger partial charge in [0, 0.05) is 17.6 Å². The predicted molar refractivity (Wildman–Crippen MR) is 104 cm³/mol. The van der Waals surface area contributed by atoms with Crippen LogP contribution in [0.15, 0.2) is 40.0 Å². The second-order valence-electron chi connectivity index (χ2n) is 5.68. The SMILES string of the molecule is CCOCc1nn2c(=O)cc(COC(=O)CSc3ccc(C)cc3)nc2s1. The molecule has 3 rings (SSSR count). The van der Waals surface area contributed by atoms with E-state index in [1.165, 1.54) is 39.2 Å². The Hall–Kier alpha value is -2.23. The highest BCUT2D eigenvalue weighted by molar-refractivity contribution is 8.00. The van der Waals surface area contributed by atoms with Crippen LogP contribution in [0.3, 0.4) is 0 Å². The Labute approximate surface area is 164 Å². The zero-order chi connectivity index (χ0) is 19.2. The molecular weight excluding hydrogens is 386 g/mol. The van der Waals surface area contributed by atoms with Gasteiger partial charge < -0.3 is 9.47 Å². The van der Waals surface area contributed by atoms with Crippen LogP contribution < -0.4 is 5.56 Å². The summed E-state index contributed by atoms with van der Waals surface area (Å²) in [4.78, 5) is 29.9. The lowest BCUT2D eigenvalue weighted by Gasteiger charge is -2.05. The van der Waals surface area contributed by atoms with Crippen molar-refractivity contribution in [2.24, 2.45) is 0 Å². The summed E-state index contributed by atoms with van der Waals surface area (Å²) >= 11 is 2.69. The number of aryl methyl sites for hydroxylation is 1. The second kappa shape index (κ2) is 9.12. The average Bonchev–Trinajstić information content (AvgIpc) is 3.08. The predicted octanol–water partition coefficient (Wildman–Crippen LogP) is 2.83. The van der Waals surface area contributed by atoms with E-state index in [2.05, 4.69) is 10.1 Å². The molecule has 0 bridgehead atoms. The molecule has 142 valence electrons. The molecule has 9 heteroatoms. The van der Waals surface area contributed by atoms with E-state index in [-0.39, 0.29) is 23.9 Å². The standard InChI is InChI=1S/C18H19N3O4S2/c1-3-24-10-15-20-21-16(22)8-13(19-18(21)27-15)9-25-17(23)11-26-14-6-4-12(2)5-7-14/h4-8H,3,9-11H2,1-2H3. The van der Waals surface area contributed by atoms with Crippen LogP contribution in [0.4, 0.5) is 0 Å². The highest BCUT2D eigenvalue weighted by Crippen LogP contribution is 2.18. The monoisotopic (exact) mass is 405 g/mol. The molecule has 0 N–H and O–H groups in total. The molecule has 1 aromatic carbocycles. The fourth-order valence-electron chi connectivity index (χ4n) is 2.19. The maximum absolute atomic E-state index is 12.2. The number of ether oxygens (including phenoxy) is 2. The first-order valence-corrected chi connectivity index (χ1v) is 10.2. The molecule has 7 nitrogen and oxygen atoms in total. The molecule has 0 spiro atoms. The number of benzene rings is 1. The molecule has 0 aliphatic carbocycles. The summed E-state index contributed by atoms with van der Waals surface area (Å²) in [6, 6.07) is 9.25.